The van der Waals surface area contributed by atoms with Crippen molar-refractivity contribution in [3.8, 4) is 22.9 Å². The molecule has 2 heterocycles. The van der Waals surface area contributed by atoms with E-state index < -0.39 is 5.54 Å². The zero-order valence-electron chi connectivity index (χ0n) is 22.4. The van der Waals surface area contributed by atoms with Gasteiger partial charge in [-0.25, -0.2) is 0 Å². The van der Waals surface area contributed by atoms with Crippen molar-refractivity contribution in [1.82, 2.24) is 14.7 Å². The summed E-state index contributed by atoms with van der Waals surface area (Å²) in [6.45, 7) is 2.88. The summed E-state index contributed by atoms with van der Waals surface area (Å²) < 4.78 is 12.7. The van der Waals surface area contributed by atoms with Gasteiger partial charge < -0.3 is 20.5 Å². The Kier molecular flexibility index (Phi) is 8.27. The second-order valence-electron chi connectivity index (χ2n) is 10.5. The average molecular weight is 529 g/mol. The summed E-state index contributed by atoms with van der Waals surface area (Å²) >= 11 is 0. The third kappa shape index (κ3) is 6.31. The summed E-state index contributed by atoms with van der Waals surface area (Å²) in [7, 11) is 1.68. The quantitative estimate of drug-likeness (QED) is 0.357. The third-order valence-electron chi connectivity index (χ3n) is 7.80. The molecule has 0 spiro atoms. The van der Waals surface area contributed by atoms with Crippen LogP contribution in [-0.2, 0) is 28.2 Å². The van der Waals surface area contributed by atoms with E-state index in [1.165, 1.54) is 5.56 Å². The fourth-order valence-electron chi connectivity index (χ4n) is 5.22. The molecule has 9 nitrogen and oxygen atoms in total. The molecule has 1 aliphatic carbocycles. The Balaban J connectivity index is 1.26. The van der Waals surface area contributed by atoms with Crippen molar-refractivity contribution < 1.29 is 14.3 Å². The van der Waals surface area contributed by atoms with E-state index in [4.69, 9.17) is 20.3 Å². The highest BCUT2D eigenvalue weighted by Gasteiger charge is 2.38. The molecule has 0 atom stereocenters. The molecule has 1 saturated heterocycles. The van der Waals surface area contributed by atoms with Gasteiger partial charge in [-0.05, 0) is 54.5 Å². The van der Waals surface area contributed by atoms with Crippen molar-refractivity contribution in [3.05, 3.63) is 65.9 Å². The van der Waals surface area contributed by atoms with E-state index in [0.29, 0.717) is 12.2 Å². The van der Waals surface area contributed by atoms with Crippen molar-refractivity contribution in [2.45, 2.75) is 50.8 Å². The molecular weight excluding hydrogens is 492 g/mol. The molecule has 1 amide bonds. The SMILES string of the molecule is COc1cccc(-c2ccc(CN3CCC(CC#N)(n4cc(COCN)c(NC(=O)C5CC5)n4)CC3)cc2)c1. The van der Waals surface area contributed by atoms with Crippen molar-refractivity contribution in [2.24, 2.45) is 11.7 Å². The van der Waals surface area contributed by atoms with Gasteiger partial charge in [0.05, 0.1) is 38.5 Å². The summed E-state index contributed by atoms with van der Waals surface area (Å²) in [5, 5.41) is 17.5. The number of hydrogen-bond donors (Lipinski definition) is 2. The second-order valence-corrected chi connectivity index (χ2v) is 10.5. The highest BCUT2D eigenvalue weighted by atomic mass is 16.5. The third-order valence-corrected chi connectivity index (χ3v) is 7.80. The minimum absolute atomic E-state index is 0.00387. The van der Waals surface area contributed by atoms with Gasteiger partial charge in [0.2, 0.25) is 5.91 Å². The number of nitriles is 1. The van der Waals surface area contributed by atoms with Gasteiger partial charge in [-0.2, -0.15) is 10.4 Å². The molecule has 1 saturated carbocycles. The molecule has 3 N–H and O–H groups in total. The zero-order chi connectivity index (χ0) is 27.2. The van der Waals surface area contributed by atoms with E-state index >= 15 is 0 Å². The fraction of sp³-hybridized carbons (Fsp3) is 0.433. The molecule has 2 aliphatic rings. The number of likely N-dealkylation sites (tertiary alicyclic amines) is 1. The van der Waals surface area contributed by atoms with Crippen LogP contribution in [0.25, 0.3) is 11.1 Å². The number of nitrogens with two attached hydrogens (primary N) is 1. The van der Waals surface area contributed by atoms with Gasteiger partial charge in [0, 0.05) is 37.3 Å². The Labute approximate surface area is 229 Å². The van der Waals surface area contributed by atoms with Crippen LogP contribution < -0.4 is 15.8 Å². The highest BCUT2D eigenvalue weighted by Crippen LogP contribution is 2.36. The van der Waals surface area contributed by atoms with Gasteiger partial charge in [-0.1, -0.05) is 36.4 Å². The van der Waals surface area contributed by atoms with Crippen LogP contribution in [0.3, 0.4) is 0 Å². The predicted molar refractivity (Wildman–Crippen MR) is 149 cm³/mol. The first-order valence-corrected chi connectivity index (χ1v) is 13.5. The largest absolute Gasteiger partial charge is 0.497 e. The number of ether oxygens (including phenoxy) is 2. The van der Waals surface area contributed by atoms with E-state index in [-0.39, 0.29) is 25.2 Å². The van der Waals surface area contributed by atoms with Crippen LogP contribution in [0.1, 0.15) is 43.2 Å². The zero-order valence-corrected chi connectivity index (χ0v) is 22.4. The summed E-state index contributed by atoms with van der Waals surface area (Å²) in [4.78, 5) is 14.9. The Morgan fingerprint density at radius 1 is 1.18 bits per heavy atom. The Morgan fingerprint density at radius 3 is 2.62 bits per heavy atom. The lowest BCUT2D eigenvalue weighted by molar-refractivity contribution is -0.117. The molecule has 5 rings (SSSR count). The first-order valence-electron chi connectivity index (χ1n) is 13.5. The summed E-state index contributed by atoms with van der Waals surface area (Å²) in [6.07, 6.45) is 5.68. The Morgan fingerprint density at radius 2 is 1.95 bits per heavy atom. The topological polar surface area (TPSA) is 118 Å². The molecule has 1 aromatic heterocycles. The lowest BCUT2D eigenvalue weighted by Gasteiger charge is -2.40. The number of nitrogens with one attached hydrogen (secondary N) is 1. The maximum atomic E-state index is 12.4. The number of hydrogen-bond acceptors (Lipinski definition) is 7. The van der Waals surface area contributed by atoms with Crippen LogP contribution in [-0.4, -0.2) is 47.5 Å². The molecule has 2 aromatic carbocycles. The number of nitrogens with zero attached hydrogens (tertiary/aromatic N) is 4. The number of piperidine rings is 1. The van der Waals surface area contributed by atoms with Crippen molar-refractivity contribution in [1.29, 1.82) is 5.26 Å². The first-order chi connectivity index (χ1) is 19.0. The number of methoxy groups -OCH3 is 1. The Bertz CT molecular complexity index is 1320. The van der Waals surface area contributed by atoms with E-state index in [2.05, 4.69) is 46.6 Å². The number of rotatable bonds is 11. The van der Waals surface area contributed by atoms with Gasteiger partial charge in [0.1, 0.15) is 5.75 Å². The van der Waals surface area contributed by atoms with Crippen LogP contribution in [0.2, 0.25) is 0 Å². The minimum atomic E-state index is -0.429. The standard InChI is InChI=1S/C30H36N6O3/c1-38-27-4-2-3-25(17-27)23-7-5-22(6-8-23)18-35-15-12-30(11-14-31,13-16-35)36-19-26(20-39-21-32)28(34-36)33-29(37)24-9-10-24/h2-8,17,19,24H,9-13,15-16,18,20-21,32H2,1H3,(H,33,34,37). The summed E-state index contributed by atoms with van der Waals surface area (Å²) in [5.41, 5.74) is 9.43. The maximum Gasteiger partial charge on any atom is 0.228 e. The number of anilines is 1. The van der Waals surface area contributed by atoms with Crippen LogP contribution in [0.5, 0.6) is 5.75 Å². The van der Waals surface area contributed by atoms with Crippen LogP contribution in [0, 0.1) is 17.2 Å². The monoisotopic (exact) mass is 528 g/mol. The van der Waals surface area contributed by atoms with E-state index in [9.17, 15) is 10.1 Å². The van der Waals surface area contributed by atoms with E-state index in [1.807, 2.05) is 29.1 Å². The molecular formula is C30H36N6O3. The number of carbonyl (C=O) groups excluding carboxylic acids is 1. The second kappa shape index (κ2) is 12.0. The van der Waals surface area contributed by atoms with Gasteiger partial charge >= 0.3 is 0 Å². The highest BCUT2D eigenvalue weighted by molar-refractivity contribution is 5.93. The van der Waals surface area contributed by atoms with Crippen molar-refractivity contribution >= 4 is 11.7 Å². The number of amides is 1. The fourth-order valence-corrected chi connectivity index (χ4v) is 5.22. The van der Waals surface area contributed by atoms with Gasteiger partial charge in [0.15, 0.2) is 5.82 Å². The summed E-state index contributed by atoms with van der Waals surface area (Å²) in [6, 6.07) is 19.1. The molecule has 204 valence electrons. The van der Waals surface area contributed by atoms with Crippen LogP contribution in [0.15, 0.2) is 54.7 Å². The summed E-state index contributed by atoms with van der Waals surface area (Å²) in [5.74, 6) is 1.42. The lowest BCUT2D eigenvalue weighted by Crippen LogP contribution is -2.46. The van der Waals surface area contributed by atoms with Crippen molar-refractivity contribution in [2.75, 3.05) is 32.2 Å². The van der Waals surface area contributed by atoms with Gasteiger partial charge in [-0.3, -0.25) is 14.4 Å². The minimum Gasteiger partial charge on any atom is -0.497 e. The number of carbonyl (C=O) groups is 1. The molecule has 9 heteroatoms. The lowest BCUT2D eigenvalue weighted by atomic mass is 9.84. The van der Waals surface area contributed by atoms with Crippen molar-refractivity contribution in [3.63, 3.8) is 0 Å². The molecule has 0 bridgehead atoms. The number of aromatic nitrogens is 2. The van der Waals surface area contributed by atoms with Gasteiger partial charge in [0.25, 0.3) is 0 Å². The smallest absolute Gasteiger partial charge is 0.228 e. The molecule has 0 radical (unpaired) electrons. The van der Waals surface area contributed by atoms with Crippen LogP contribution >= 0.6 is 0 Å². The molecule has 2 fully saturated rings. The van der Waals surface area contributed by atoms with E-state index in [1.54, 1.807) is 7.11 Å². The first kappa shape index (κ1) is 26.9. The molecule has 1 aliphatic heterocycles. The molecule has 0 unspecified atom stereocenters. The van der Waals surface area contributed by atoms with E-state index in [0.717, 1.165) is 67.8 Å². The Hall–Kier alpha value is -3.71. The number of benzene rings is 2. The maximum absolute atomic E-state index is 12.4. The predicted octanol–water partition coefficient (Wildman–Crippen LogP) is 4.24. The van der Waals surface area contributed by atoms with Gasteiger partial charge in [-0.15, -0.1) is 0 Å². The average Bonchev–Trinajstić information content (AvgIpc) is 3.75. The normalized spacial score (nSPS) is 16.9. The molecule has 39 heavy (non-hydrogen) atoms. The molecule has 3 aromatic rings. The van der Waals surface area contributed by atoms with Crippen LogP contribution in [0.4, 0.5) is 5.82 Å².